The van der Waals surface area contributed by atoms with E-state index in [1.807, 2.05) is 0 Å². The molecular weight excluding hydrogens is 312 g/mol. The molecule has 0 saturated carbocycles. The van der Waals surface area contributed by atoms with Crippen LogP contribution < -0.4 is 18.9 Å². The van der Waals surface area contributed by atoms with E-state index in [0.29, 0.717) is 17.2 Å². The van der Waals surface area contributed by atoms with E-state index >= 15 is 0 Å². The van der Waals surface area contributed by atoms with Crippen molar-refractivity contribution in [2.45, 2.75) is 0 Å². The van der Waals surface area contributed by atoms with Crippen LogP contribution in [0, 0.1) is 0 Å². The highest BCUT2D eigenvalue weighted by Gasteiger charge is 2.19. The summed E-state index contributed by atoms with van der Waals surface area (Å²) in [6, 6.07) is 12.2. The van der Waals surface area contributed by atoms with Gasteiger partial charge in [-0.25, -0.2) is 4.79 Å². The highest BCUT2D eigenvalue weighted by molar-refractivity contribution is 5.95. The molecule has 0 amide bonds. The summed E-state index contributed by atoms with van der Waals surface area (Å²) in [7, 11) is 4.57. The molecule has 0 radical (unpaired) electrons. The molecule has 0 heterocycles. The fourth-order valence-corrected chi connectivity index (χ4v) is 2.09. The molecule has 0 aliphatic rings. The van der Waals surface area contributed by atoms with E-state index in [-0.39, 0.29) is 18.8 Å². The molecule has 128 valence electrons. The lowest BCUT2D eigenvalue weighted by Gasteiger charge is -2.12. The van der Waals surface area contributed by atoms with Crippen molar-refractivity contribution in [2.75, 3.05) is 34.5 Å². The minimum atomic E-state index is -0.525. The fraction of sp³-hybridized carbons (Fsp3) is 0.278. The number of ether oxygens (including phenoxy) is 5. The molecule has 0 bridgehead atoms. The standard InChI is InChI=1S/C18H20O6/c1-20-13-7-9-14(10-8-13)23-11-12-24-18(19)17-15(21-2)5-4-6-16(17)22-3/h4-10H,11-12H2,1-3H3. The lowest BCUT2D eigenvalue weighted by molar-refractivity contribution is 0.0443. The fourth-order valence-electron chi connectivity index (χ4n) is 2.09. The van der Waals surface area contributed by atoms with E-state index < -0.39 is 5.97 Å². The number of rotatable bonds is 8. The van der Waals surface area contributed by atoms with Crippen LogP contribution in [0.1, 0.15) is 10.4 Å². The van der Waals surface area contributed by atoms with Crippen LogP contribution in [0.3, 0.4) is 0 Å². The Bertz CT molecular complexity index is 643. The van der Waals surface area contributed by atoms with Crippen molar-refractivity contribution in [1.82, 2.24) is 0 Å². The summed E-state index contributed by atoms with van der Waals surface area (Å²) in [5.41, 5.74) is 0.256. The highest BCUT2D eigenvalue weighted by Crippen LogP contribution is 2.28. The summed E-state index contributed by atoms with van der Waals surface area (Å²) in [5, 5.41) is 0. The maximum absolute atomic E-state index is 12.2. The first-order valence-electron chi connectivity index (χ1n) is 7.34. The molecule has 0 aromatic heterocycles. The number of esters is 1. The molecule has 6 nitrogen and oxygen atoms in total. The predicted molar refractivity (Wildman–Crippen MR) is 88.3 cm³/mol. The van der Waals surface area contributed by atoms with Crippen LogP contribution in [-0.2, 0) is 4.74 Å². The van der Waals surface area contributed by atoms with Gasteiger partial charge in [0, 0.05) is 0 Å². The second-order valence-corrected chi connectivity index (χ2v) is 4.70. The number of carbonyl (C=O) groups excluding carboxylic acids is 1. The van der Waals surface area contributed by atoms with Gasteiger partial charge in [0.25, 0.3) is 0 Å². The molecule has 2 rings (SSSR count). The lowest BCUT2D eigenvalue weighted by atomic mass is 10.2. The smallest absolute Gasteiger partial charge is 0.345 e. The molecule has 2 aromatic carbocycles. The number of methoxy groups -OCH3 is 3. The zero-order valence-electron chi connectivity index (χ0n) is 13.9. The molecule has 6 heteroatoms. The Morgan fingerprint density at radius 2 is 1.38 bits per heavy atom. The van der Waals surface area contributed by atoms with Crippen LogP contribution in [0.4, 0.5) is 0 Å². The SMILES string of the molecule is COc1ccc(OCCOC(=O)c2c(OC)cccc2OC)cc1. The van der Waals surface area contributed by atoms with Crippen molar-refractivity contribution in [2.24, 2.45) is 0 Å². The topological polar surface area (TPSA) is 63.2 Å². The Kier molecular flexibility index (Phi) is 6.31. The number of hydrogen-bond donors (Lipinski definition) is 0. The Balaban J connectivity index is 1.89. The third-order valence-electron chi connectivity index (χ3n) is 3.28. The largest absolute Gasteiger partial charge is 0.497 e. The van der Waals surface area contributed by atoms with Crippen molar-refractivity contribution < 1.29 is 28.5 Å². The van der Waals surface area contributed by atoms with Gasteiger partial charge in [0.05, 0.1) is 21.3 Å². The van der Waals surface area contributed by atoms with E-state index in [2.05, 4.69) is 0 Å². The molecule has 0 aliphatic carbocycles. The zero-order chi connectivity index (χ0) is 17.4. The molecule has 0 fully saturated rings. The van der Waals surface area contributed by atoms with Crippen LogP contribution in [0.2, 0.25) is 0 Å². The molecule has 2 aromatic rings. The number of hydrogen-bond acceptors (Lipinski definition) is 6. The quantitative estimate of drug-likeness (QED) is 0.547. The van der Waals surface area contributed by atoms with Crippen molar-refractivity contribution in [3.63, 3.8) is 0 Å². The van der Waals surface area contributed by atoms with Crippen molar-refractivity contribution in [1.29, 1.82) is 0 Å². The zero-order valence-corrected chi connectivity index (χ0v) is 13.9. The first-order valence-corrected chi connectivity index (χ1v) is 7.34. The minimum Gasteiger partial charge on any atom is -0.497 e. The maximum Gasteiger partial charge on any atom is 0.345 e. The predicted octanol–water partition coefficient (Wildman–Crippen LogP) is 2.95. The number of benzene rings is 2. The summed E-state index contributed by atoms with van der Waals surface area (Å²) >= 11 is 0. The third kappa shape index (κ3) is 4.32. The highest BCUT2D eigenvalue weighted by atomic mass is 16.6. The van der Waals surface area contributed by atoms with Crippen LogP contribution in [0.5, 0.6) is 23.0 Å². The van der Waals surface area contributed by atoms with E-state index in [9.17, 15) is 4.79 Å². The molecule has 24 heavy (non-hydrogen) atoms. The maximum atomic E-state index is 12.2. The first kappa shape index (κ1) is 17.5. The molecular formula is C18H20O6. The Morgan fingerprint density at radius 3 is 1.92 bits per heavy atom. The molecule has 0 spiro atoms. The van der Waals surface area contributed by atoms with Gasteiger partial charge in [-0.2, -0.15) is 0 Å². The van der Waals surface area contributed by atoms with Gasteiger partial charge in [-0.15, -0.1) is 0 Å². The molecule has 0 N–H and O–H groups in total. The van der Waals surface area contributed by atoms with E-state index in [1.54, 1.807) is 49.6 Å². The monoisotopic (exact) mass is 332 g/mol. The summed E-state index contributed by atoms with van der Waals surface area (Å²) in [5.74, 6) is 1.69. The Morgan fingerprint density at radius 1 is 0.792 bits per heavy atom. The average molecular weight is 332 g/mol. The summed E-state index contributed by atoms with van der Waals surface area (Å²) in [4.78, 5) is 12.2. The van der Waals surface area contributed by atoms with Gasteiger partial charge >= 0.3 is 5.97 Å². The van der Waals surface area contributed by atoms with Gasteiger partial charge in [-0.05, 0) is 36.4 Å². The van der Waals surface area contributed by atoms with Crippen LogP contribution in [0.15, 0.2) is 42.5 Å². The normalized spacial score (nSPS) is 9.96. The first-order chi connectivity index (χ1) is 11.7. The van der Waals surface area contributed by atoms with Crippen molar-refractivity contribution >= 4 is 5.97 Å². The summed E-state index contributed by atoms with van der Waals surface area (Å²) in [6.07, 6.45) is 0. The van der Waals surface area contributed by atoms with E-state index in [4.69, 9.17) is 23.7 Å². The summed E-state index contributed by atoms with van der Waals surface area (Å²) in [6.45, 7) is 0.335. The molecule has 0 atom stereocenters. The van der Waals surface area contributed by atoms with Gasteiger partial charge in [0.2, 0.25) is 0 Å². The Hall–Kier alpha value is -2.89. The van der Waals surface area contributed by atoms with Crippen molar-refractivity contribution in [3.8, 4) is 23.0 Å². The second kappa shape index (κ2) is 8.67. The lowest BCUT2D eigenvalue weighted by Crippen LogP contribution is -2.14. The van der Waals surface area contributed by atoms with Crippen LogP contribution >= 0.6 is 0 Å². The van der Waals surface area contributed by atoms with E-state index in [1.165, 1.54) is 14.2 Å². The Labute approximate surface area is 140 Å². The molecule has 0 aliphatic heterocycles. The molecule has 0 unspecified atom stereocenters. The molecule has 0 saturated heterocycles. The second-order valence-electron chi connectivity index (χ2n) is 4.70. The number of carbonyl (C=O) groups is 1. The summed E-state index contributed by atoms with van der Waals surface area (Å²) < 4.78 is 26.2. The van der Waals surface area contributed by atoms with Crippen LogP contribution in [0.25, 0.3) is 0 Å². The van der Waals surface area contributed by atoms with Gasteiger partial charge in [-0.3, -0.25) is 0 Å². The van der Waals surface area contributed by atoms with Gasteiger partial charge in [0.1, 0.15) is 41.8 Å². The van der Waals surface area contributed by atoms with Gasteiger partial charge in [0.15, 0.2) is 0 Å². The van der Waals surface area contributed by atoms with Crippen molar-refractivity contribution in [3.05, 3.63) is 48.0 Å². The van der Waals surface area contributed by atoms with E-state index in [0.717, 1.165) is 5.75 Å². The average Bonchev–Trinajstić information content (AvgIpc) is 2.64. The van der Waals surface area contributed by atoms with Gasteiger partial charge in [-0.1, -0.05) is 6.07 Å². The van der Waals surface area contributed by atoms with Crippen LogP contribution in [-0.4, -0.2) is 40.5 Å². The minimum absolute atomic E-state index is 0.103. The van der Waals surface area contributed by atoms with Gasteiger partial charge < -0.3 is 23.7 Å². The third-order valence-corrected chi connectivity index (χ3v) is 3.28.